The van der Waals surface area contributed by atoms with Crippen molar-refractivity contribution in [3.63, 3.8) is 0 Å². The first kappa shape index (κ1) is 9.40. The molecule has 0 atom stereocenters. The first-order chi connectivity index (χ1) is 9.42. The Morgan fingerprint density at radius 2 is 0.947 bits per heavy atom. The quantitative estimate of drug-likeness (QED) is 0.367. The third-order valence-corrected chi connectivity index (χ3v) is 4.14. The molecule has 1 heterocycles. The predicted molar refractivity (Wildman–Crippen MR) is 82.2 cm³/mol. The van der Waals surface area contributed by atoms with Gasteiger partial charge in [0.25, 0.3) is 0 Å². The van der Waals surface area contributed by atoms with Crippen LogP contribution >= 0.6 is 0 Å². The lowest BCUT2D eigenvalue weighted by molar-refractivity contribution is 1.61. The summed E-state index contributed by atoms with van der Waals surface area (Å²) in [7, 11) is 0. The molecule has 88 valence electrons. The van der Waals surface area contributed by atoms with Crippen molar-refractivity contribution in [1.29, 1.82) is 0 Å². The Balaban J connectivity index is 2.26. The van der Waals surface area contributed by atoms with Crippen LogP contribution in [0.15, 0.2) is 60.7 Å². The average Bonchev–Trinajstić information content (AvgIpc) is 2.47. The van der Waals surface area contributed by atoms with Crippen LogP contribution in [0, 0.1) is 0 Å². The van der Waals surface area contributed by atoms with E-state index in [9.17, 15) is 0 Å². The van der Waals surface area contributed by atoms with Gasteiger partial charge in [0.2, 0.25) is 0 Å². The maximum Gasteiger partial charge on any atom is 0.0470 e. The molecule has 0 saturated carbocycles. The fourth-order valence-corrected chi connectivity index (χ4v) is 3.32. The summed E-state index contributed by atoms with van der Waals surface area (Å²) in [5.74, 6) is 0. The summed E-state index contributed by atoms with van der Waals surface area (Å²) in [5.41, 5.74) is 2.43. The van der Waals surface area contributed by atoms with Gasteiger partial charge < -0.3 is 5.32 Å². The summed E-state index contributed by atoms with van der Waals surface area (Å²) in [4.78, 5) is 0. The number of anilines is 2. The van der Waals surface area contributed by atoms with E-state index < -0.39 is 0 Å². The van der Waals surface area contributed by atoms with Crippen LogP contribution in [0.4, 0.5) is 11.4 Å². The van der Waals surface area contributed by atoms with E-state index in [1.807, 2.05) is 0 Å². The van der Waals surface area contributed by atoms with Crippen molar-refractivity contribution in [3.8, 4) is 0 Å². The van der Waals surface area contributed by atoms with Crippen LogP contribution in [0.3, 0.4) is 0 Å². The van der Waals surface area contributed by atoms with Gasteiger partial charge in [-0.2, -0.15) is 0 Å². The molecule has 0 saturated heterocycles. The monoisotopic (exact) mass is 241 g/mol. The predicted octanol–water partition coefficient (Wildman–Crippen LogP) is 5.20. The molecular formula is C18H11N. The van der Waals surface area contributed by atoms with Crippen LogP contribution in [0.25, 0.3) is 32.3 Å². The van der Waals surface area contributed by atoms with Gasteiger partial charge in [-0.25, -0.2) is 0 Å². The molecule has 19 heavy (non-hydrogen) atoms. The lowest BCUT2D eigenvalue weighted by Gasteiger charge is -2.21. The highest BCUT2D eigenvalue weighted by Crippen LogP contribution is 2.43. The number of rotatable bonds is 0. The molecule has 0 aliphatic carbocycles. The molecule has 1 N–H and O–H groups in total. The van der Waals surface area contributed by atoms with Gasteiger partial charge in [0.15, 0.2) is 0 Å². The summed E-state index contributed by atoms with van der Waals surface area (Å²) in [6.07, 6.45) is 0. The minimum atomic E-state index is 1.22. The largest absolute Gasteiger partial charge is 0.354 e. The minimum Gasteiger partial charge on any atom is -0.354 e. The van der Waals surface area contributed by atoms with Gasteiger partial charge in [-0.3, -0.25) is 0 Å². The molecule has 0 bridgehead atoms. The van der Waals surface area contributed by atoms with Gasteiger partial charge in [0.1, 0.15) is 0 Å². The standard InChI is InChI=1S/C18H11N/c1-3-11-7-9-13-10-8-12-4-2-6-15-17(12)18(13)16(11)14(5-1)19-15/h1-10,19H. The van der Waals surface area contributed by atoms with Crippen LogP contribution in [-0.2, 0) is 0 Å². The fourth-order valence-electron chi connectivity index (χ4n) is 3.32. The van der Waals surface area contributed by atoms with Crippen molar-refractivity contribution >= 4 is 43.7 Å². The topological polar surface area (TPSA) is 12.0 Å². The number of hydrogen-bond acceptors (Lipinski definition) is 1. The summed E-state index contributed by atoms with van der Waals surface area (Å²) in [6, 6.07) is 21.8. The van der Waals surface area contributed by atoms with Gasteiger partial charge in [-0.05, 0) is 28.3 Å². The number of benzene rings is 4. The minimum absolute atomic E-state index is 1.22. The van der Waals surface area contributed by atoms with Crippen LogP contribution in [0.5, 0.6) is 0 Å². The molecule has 0 aromatic heterocycles. The van der Waals surface area contributed by atoms with Crippen molar-refractivity contribution in [2.24, 2.45) is 0 Å². The molecule has 1 aliphatic rings. The van der Waals surface area contributed by atoms with E-state index in [1.165, 1.54) is 43.7 Å². The highest BCUT2D eigenvalue weighted by atomic mass is 14.9. The highest BCUT2D eigenvalue weighted by molar-refractivity contribution is 6.29. The molecular weight excluding hydrogens is 230 g/mol. The second-order valence-electron chi connectivity index (χ2n) is 5.16. The average molecular weight is 241 g/mol. The Morgan fingerprint density at radius 3 is 1.47 bits per heavy atom. The zero-order valence-corrected chi connectivity index (χ0v) is 10.3. The smallest absolute Gasteiger partial charge is 0.0470 e. The number of nitrogens with one attached hydrogen (secondary N) is 1. The number of hydrogen-bond donors (Lipinski definition) is 1. The zero-order valence-electron chi connectivity index (χ0n) is 10.3. The van der Waals surface area contributed by atoms with Crippen LogP contribution in [0.1, 0.15) is 0 Å². The lowest BCUT2D eigenvalue weighted by atomic mass is 9.92. The highest BCUT2D eigenvalue weighted by Gasteiger charge is 2.16. The van der Waals surface area contributed by atoms with Gasteiger partial charge in [-0.1, -0.05) is 48.5 Å². The molecule has 0 amide bonds. The SMILES string of the molecule is c1cc2c3c(c1)ccc1ccc4cccc(c4c13)N2. The van der Waals surface area contributed by atoms with E-state index >= 15 is 0 Å². The molecule has 0 radical (unpaired) electrons. The maximum atomic E-state index is 3.57. The van der Waals surface area contributed by atoms with E-state index in [2.05, 4.69) is 66.0 Å². The van der Waals surface area contributed by atoms with Gasteiger partial charge >= 0.3 is 0 Å². The van der Waals surface area contributed by atoms with Crippen LogP contribution in [-0.4, -0.2) is 0 Å². The van der Waals surface area contributed by atoms with Crippen molar-refractivity contribution in [2.45, 2.75) is 0 Å². The Labute approximate surface area is 110 Å². The maximum absolute atomic E-state index is 3.57. The third-order valence-electron chi connectivity index (χ3n) is 4.14. The van der Waals surface area contributed by atoms with Gasteiger partial charge in [-0.15, -0.1) is 0 Å². The summed E-state index contributed by atoms with van der Waals surface area (Å²) in [5, 5.41) is 11.6. The molecule has 0 fully saturated rings. The van der Waals surface area contributed by atoms with E-state index in [0.29, 0.717) is 0 Å². The van der Waals surface area contributed by atoms with Crippen LogP contribution < -0.4 is 5.32 Å². The van der Waals surface area contributed by atoms with E-state index in [0.717, 1.165) is 0 Å². The van der Waals surface area contributed by atoms with Crippen molar-refractivity contribution < 1.29 is 0 Å². The van der Waals surface area contributed by atoms with Gasteiger partial charge in [0.05, 0.1) is 0 Å². The Hall–Kier alpha value is -2.54. The van der Waals surface area contributed by atoms with Crippen LogP contribution in [0.2, 0.25) is 0 Å². The third kappa shape index (κ3) is 1.06. The summed E-state index contributed by atoms with van der Waals surface area (Å²) >= 11 is 0. The first-order valence-electron chi connectivity index (χ1n) is 6.56. The zero-order chi connectivity index (χ0) is 12.4. The van der Waals surface area contributed by atoms with Crippen molar-refractivity contribution in [3.05, 3.63) is 60.7 Å². The summed E-state index contributed by atoms with van der Waals surface area (Å²) < 4.78 is 0. The molecule has 1 aliphatic heterocycles. The Morgan fingerprint density at radius 1 is 0.474 bits per heavy atom. The first-order valence-corrected chi connectivity index (χ1v) is 6.56. The van der Waals surface area contributed by atoms with Crippen molar-refractivity contribution in [1.82, 2.24) is 0 Å². The summed E-state index contributed by atoms with van der Waals surface area (Å²) in [6.45, 7) is 0. The van der Waals surface area contributed by atoms with E-state index in [-0.39, 0.29) is 0 Å². The molecule has 4 aromatic rings. The normalized spacial score (nSPS) is 12.6. The molecule has 1 heteroatoms. The van der Waals surface area contributed by atoms with Gasteiger partial charge in [0, 0.05) is 27.5 Å². The molecule has 0 spiro atoms. The second kappa shape index (κ2) is 3.07. The molecule has 1 nitrogen and oxygen atoms in total. The van der Waals surface area contributed by atoms with Crippen molar-refractivity contribution in [2.75, 3.05) is 5.32 Å². The second-order valence-corrected chi connectivity index (χ2v) is 5.16. The Bertz CT molecular complexity index is 906. The molecule has 0 unspecified atom stereocenters. The molecule has 4 aromatic carbocycles. The molecule has 5 rings (SSSR count). The van der Waals surface area contributed by atoms with E-state index in [4.69, 9.17) is 0 Å². The lowest BCUT2D eigenvalue weighted by Crippen LogP contribution is -1.98. The fraction of sp³-hybridized carbons (Fsp3) is 0. The Kier molecular flexibility index (Phi) is 1.52. The van der Waals surface area contributed by atoms with E-state index in [1.54, 1.807) is 0 Å².